The second-order valence-corrected chi connectivity index (χ2v) is 4.09. The monoisotopic (exact) mass is 223 g/mol. The van der Waals surface area contributed by atoms with Crippen LogP contribution in [0.15, 0.2) is 30.3 Å². The average molecular weight is 223 g/mol. The second kappa shape index (κ2) is 6.53. The Morgan fingerprint density at radius 1 is 1.40 bits per heavy atom. The van der Waals surface area contributed by atoms with Crippen molar-refractivity contribution in [1.82, 2.24) is 0 Å². The Labute approximate surface area is 96.4 Å². The molecule has 0 aliphatic carbocycles. The summed E-state index contributed by atoms with van der Waals surface area (Å²) in [5.74, 6) is 0.163. The first-order valence-electron chi connectivity index (χ1n) is 5.11. The fourth-order valence-corrected chi connectivity index (χ4v) is 1.24. The van der Waals surface area contributed by atoms with Gasteiger partial charge in [-0.15, -0.1) is 0 Å². The van der Waals surface area contributed by atoms with E-state index < -0.39 is 0 Å². The molecule has 0 saturated carbocycles. The summed E-state index contributed by atoms with van der Waals surface area (Å²) in [4.78, 5) is 0.523. The lowest BCUT2D eigenvalue weighted by molar-refractivity contribution is 0.124. The van der Waals surface area contributed by atoms with Crippen LogP contribution in [-0.4, -0.2) is 18.2 Å². The number of hydrogen-bond acceptors (Lipinski definition) is 2. The molecule has 0 aliphatic heterocycles. The lowest BCUT2D eigenvalue weighted by Gasteiger charge is -2.09. The zero-order valence-corrected chi connectivity index (χ0v) is 9.80. The number of ether oxygens (including phenoxy) is 1. The summed E-state index contributed by atoms with van der Waals surface area (Å²) in [5, 5.41) is 0. The van der Waals surface area contributed by atoms with Crippen molar-refractivity contribution in [1.29, 1.82) is 0 Å². The number of hydrogen-bond donors (Lipinski definition) is 1. The number of benzene rings is 1. The van der Waals surface area contributed by atoms with Gasteiger partial charge in [-0.3, -0.25) is 0 Å². The molecule has 82 valence electrons. The van der Waals surface area contributed by atoms with E-state index in [9.17, 15) is 0 Å². The highest BCUT2D eigenvalue weighted by Crippen LogP contribution is 2.01. The maximum absolute atomic E-state index is 5.49. The van der Waals surface area contributed by atoms with Crippen LogP contribution in [0.4, 0.5) is 0 Å². The molecule has 1 aromatic rings. The third-order valence-corrected chi connectivity index (χ3v) is 2.63. The average Bonchev–Trinajstić information content (AvgIpc) is 2.25. The summed E-state index contributed by atoms with van der Waals surface area (Å²) in [6.07, 6.45) is 0.935. The van der Waals surface area contributed by atoms with Crippen LogP contribution in [0.2, 0.25) is 0 Å². The van der Waals surface area contributed by atoms with Gasteiger partial charge in [-0.2, -0.15) is 0 Å². The van der Waals surface area contributed by atoms with Crippen LogP contribution in [0.3, 0.4) is 0 Å². The molecule has 1 aromatic carbocycles. The molecule has 2 nitrogen and oxygen atoms in total. The minimum Gasteiger partial charge on any atom is -0.393 e. The zero-order chi connectivity index (χ0) is 11.1. The van der Waals surface area contributed by atoms with Crippen LogP contribution < -0.4 is 5.73 Å². The molecule has 1 atom stereocenters. The molecular formula is C12H17NOS. The van der Waals surface area contributed by atoms with Crippen LogP contribution in [-0.2, 0) is 11.2 Å². The Kier molecular flexibility index (Phi) is 5.29. The first-order chi connectivity index (χ1) is 7.20. The van der Waals surface area contributed by atoms with Gasteiger partial charge in [0.15, 0.2) is 0 Å². The van der Waals surface area contributed by atoms with Gasteiger partial charge >= 0.3 is 0 Å². The van der Waals surface area contributed by atoms with Crippen molar-refractivity contribution >= 4 is 17.2 Å². The first-order valence-corrected chi connectivity index (χ1v) is 5.52. The highest BCUT2D eigenvalue weighted by atomic mass is 32.1. The molecule has 1 unspecified atom stereocenters. The Morgan fingerprint density at radius 2 is 2.07 bits per heavy atom. The molecule has 0 bridgehead atoms. The van der Waals surface area contributed by atoms with Gasteiger partial charge in [-0.25, -0.2) is 0 Å². The maximum Gasteiger partial charge on any atom is 0.0779 e. The minimum absolute atomic E-state index is 0.163. The lowest BCUT2D eigenvalue weighted by atomic mass is 10.2. The first kappa shape index (κ1) is 12.1. The maximum atomic E-state index is 5.49. The van der Waals surface area contributed by atoms with Crippen molar-refractivity contribution in [3.05, 3.63) is 35.9 Å². The molecule has 1 rings (SSSR count). The van der Waals surface area contributed by atoms with E-state index in [-0.39, 0.29) is 5.92 Å². The SMILES string of the molecule is CC(COCCc1ccccc1)C(N)=S. The Hall–Kier alpha value is -0.930. The summed E-state index contributed by atoms with van der Waals surface area (Å²) in [7, 11) is 0. The van der Waals surface area contributed by atoms with Crippen molar-refractivity contribution in [2.75, 3.05) is 13.2 Å². The normalized spacial score (nSPS) is 12.3. The molecule has 2 N–H and O–H groups in total. The van der Waals surface area contributed by atoms with E-state index in [0.717, 1.165) is 13.0 Å². The van der Waals surface area contributed by atoms with E-state index in [1.165, 1.54) is 5.56 Å². The van der Waals surface area contributed by atoms with E-state index in [4.69, 9.17) is 22.7 Å². The van der Waals surface area contributed by atoms with Crippen molar-refractivity contribution in [2.45, 2.75) is 13.3 Å². The van der Waals surface area contributed by atoms with E-state index in [1.54, 1.807) is 0 Å². The van der Waals surface area contributed by atoms with Gasteiger partial charge in [-0.05, 0) is 12.0 Å². The van der Waals surface area contributed by atoms with E-state index in [0.29, 0.717) is 11.6 Å². The van der Waals surface area contributed by atoms with Gasteiger partial charge in [0.1, 0.15) is 0 Å². The van der Waals surface area contributed by atoms with Gasteiger partial charge in [0, 0.05) is 5.92 Å². The minimum atomic E-state index is 0.163. The van der Waals surface area contributed by atoms with Gasteiger partial charge < -0.3 is 10.5 Å². The largest absolute Gasteiger partial charge is 0.393 e. The molecule has 0 aliphatic rings. The molecule has 0 radical (unpaired) electrons. The smallest absolute Gasteiger partial charge is 0.0779 e. The van der Waals surface area contributed by atoms with Crippen LogP contribution in [0.5, 0.6) is 0 Å². The third kappa shape index (κ3) is 4.91. The third-order valence-electron chi connectivity index (χ3n) is 2.23. The highest BCUT2D eigenvalue weighted by molar-refractivity contribution is 7.80. The Balaban J connectivity index is 2.15. The predicted octanol–water partition coefficient (Wildman–Crippen LogP) is 2.17. The molecule has 0 heterocycles. The predicted molar refractivity (Wildman–Crippen MR) is 66.9 cm³/mol. The molecule has 0 spiro atoms. The molecule has 0 aromatic heterocycles. The van der Waals surface area contributed by atoms with Crippen LogP contribution in [0.25, 0.3) is 0 Å². The molecule has 0 amide bonds. The summed E-state index contributed by atoms with van der Waals surface area (Å²) >= 11 is 4.86. The number of rotatable bonds is 6. The van der Waals surface area contributed by atoms with E-state index in [2.05, 4.69) is 12.1 Å². The summed E-state index contributed by atoms with van der Waals surface area (Å²) in [6.45, 7) is 3.31. The van der Waals surface area contributed by atoms with Crippen molar-refractivity contribution in [3.8, 4) is 0 Å². The summed E-state index contributed by atoms with van der Waals surface area (Å²) < 4.78 is 5.49. The van der Waals surface area contributed by atoms with Crippen molar-refractivity contribution in [2.24, 2.45) is 11.7 Å². The van der Waals surface area contributed by atoms with Crippen LogP contribution in [0.1, 0.15) is 12.5 Å². The Morgan fingerprint density at radius 3 is 2.67 bits per heavy atom. The number of nitrogens with two attached hydrogens (primary N) is 1. The van der Waals surface area contributed by atoms with Gasteiger partial charge in [0.2, 0.25) is 0 Å². The molecule has 0 saturated heterocycles. The summed E-state index contributed by atoms with van der Waals surface area (Å²) in [5.41, 5.74) is 6.77. The lowest BCUT2D eigenvalue weighted by Crippen LogP contribution is -2.23. The van der Waals surface area contributed by atoms with Gasteiger partial charge in [-0.1, -0.05) is 49.5 Å². The highest BCUT2D eigenvalue weighted by Gasteiger charge is 2.04. The second-order valence-electron chi connectivity index (χ2n) is 3.61. The van der Waals surface area contributed by atoms with Gasteiger partial charge in [0.25, 0.3) is 0 Å². The zero-order valence-electron chi connectivity index (χ0n) is 8.98. The van der Waals surface area contributed by atoms with Crippen LogP contribution >= 0.6 is 12.2 Å². The number of thiocarbonyl (C=S) groups is 1. The van der Waals surface area contributed by atoms with E-state index >= 15 is 0 Å². The quantitative estimate of drug-likeness (QED) is 0.593. The van der Waals surface area contributed by atoms with E-state index in [1.807, 2.05) is 25.1 Å². The topological polar surface area (TPSA) is 35.2 Å². The molecule has 3 heteroatoms. The summed E-state index contributed by atoms with van der Waals surface area (Å²) in [6, 6.07) is 10.3. The fourth-order valence-electron chi connectivity index (χ4n) is 1.18. The molecular weight excluding hydrogens is 206 g/mol. The van der Waals surface area contributed by atoms with Crippen molar-refractivity contribution < 1.29 is 4.74 Å². The standard InChI is InChI=1S/C12H17NOS/c1-10(12(13)15)9-14-8-7-11-5-3-2-4-6-11/h2-6,10H,7-9H2,1H3,(H2,13,15). The Bertz CT molecular complexity index is 300. The molecule has 0 fully saturated rings. The fraction of sp³-hybridized carbons (Fsp3) is 0.417. The van der Waals surface area contributed by atoms with Crippen molar-refractivity contribution in [3.63, 3.8) is 0 Å². The van der Waals surface area contributed by atoms with Gasteiger partial charge in [0.05, 0.1) is 18.2 Å². The molecule has 15 heavy (non-hydrogen) atoms. The van der Waals surface area contributed by atoms with Crippen LogP contribution in [0, 0.1) is 5.92 Å².